The van der Waals surface area contributed by atoms with Crippen LogP contribution < -0.4 is 5.32 Å². The van der Waals surface area contributed by atoms with Gasteiger partial charge in [-0.15, -0.1) is 24.0 Å². The lowest BCUT2D eigenvalue weighted by Gasteiger charge is -2.39. The lowest BCUT2D eigenvalue weighted by atomic mass is 9.93. The molecule has 8 heteroatoms. The van der Waals surface area contributed by atoms with Gasteiger partial charge in [0.25, 0.3) is 0 Å². The fraction of sp³-hybridized carbons (Fsp3) is 0.800. The summed E-state index contributed by atoms with van der Waals surface area (Å²) >= 11 is 0. The highest BCUT2D eigenvalue weighted by Crippen LogP contribution is 2.27. The van der Waals surface area contributed by atoms with Gasteiger partial charge in [0.1, 0.15) is 0 Å². The summed E-state index contributed by atoms with van der Waals surface area (Å²) in [6.07, 6.45) is 7.08. The van der Waals surface area contributed by atoms with Crippen molar-refractivity contribution in [2.45, 2.75) is 26.3 Å². The SMILES string of the molecule is CN=C(NCC(C)CN1CCN(C)CC1)N1CCC(C)C(n2ccnc2)C1.I. The van der Waals surface area contributed by atoms with Crippen LogP contribution in [0.15, 0.2) is 23.7 Å². The highest BCUT2D eigenvalue weighted by atomic mass is 127. The molecule has 2 aliphatic heterocycles. The van der Waals surface area contributed by atoms with Gasteiger partial charge in [0, 0.05) is 71.8 Å². The summed E-state index contributed by atoms with van der Waals surface area (Å²) in [7, 11) is 4.11. The second-order valence-electron chi connectivity index (χ2n) is 8.43. The summed E-state index contributed by atoms with van der Waals surface area (Å²) < 4.78 is 2.25. The molecule has 160 valence electrons. The number of piperidine rings is 1. The Morgan fingerprint density at radius 2 is 2.00 bits per heavy atom. The molecule has 2 aliphatic rings. The maximum Gasteiger partial charge on any atom is 0.193 e. The Morgan fingerprint density at radius 1 is 1.25 bits per heavy atom. The van der Waals surface area contributed by atoms with E-state index in [1.807, 2.05) is 19.6 Å². The van der Waals surface area contributed by atoms with E-state index in [2.05, 4.69) is 61.7 Å². The van der Waals surface area contributed by atoms with Crippen molar-refractivity contribution >= 4 is 29.9 Å². The summed E-state index contributed by atoms with van der Waals surface area (Å²) in [6.45, 7) is 13.6. The maximum atomic E-state index is 4.57. The largest absolute Gasteiger partial charge is 0.356 e. The molecule has 1 N–H and O–H groups in total. The van der Waals surface area contributed by atoms with E-state index in [0.29, 0.717) is 17.9 Å². The zero-order valence-corrected chi connectivity index (χ0v) is 20.2. The molecule has 3 rings (SSSR count). The van der Waals surface area contributed by atoms with Crippen molar-refractivity contribution in [1.82, 2.24) is 29.6 Å². The number of guanidine groups is 1. The van der Waals surface area contributed by atoms with Crippen molar-refractivity contribution in [3.05, 3.63) is 18.7 Å². The van der Waals surface area contributed by atoms with E-state index in [4.69, 9.17) is 0 Å². The molecule has 2 fully saturated rings. The molecule has 0 amide bonds. The van der Waals surface area contributed by atoms with Gasteiger partial charge in [-0.2, -0.15) is 0 Å². The molecule has 7 nitrogen and oxygen atoms in total. The monoisotopic (exact) mass is 503 g/mol. The number of likely N-dealkylation sites (tertiary alicyclic amines) is 1. The predicted octanol–water partition coefficient (Wildman–Crippen LogP) is 1.84. The van der Waals surface area contributed by atoms with Gasteiger partial charge in [0.2, 0.25) is 0 Å². The van der Waals surface area contributed by atoms with E-state index >= 15 is 0 Å². The number of imidazole rings is 1. The fourth-order valence-electron chi connectivity index (χ4n) is 4.23. The molecule has 1 aromatic rings. The molecule has 3 atom stereocenters. The summed E-state index contributed by atoms with van der Waals surface area (Å²) in [5, 5.41) is 3.63. The van der Waals surface area contributed by atoms with Gasteiger partial charge in [-0.25, -0.2) is 4.98 Å². The summed E-state index contributed by atoms with van der Waals surface area (Å²) in [4.78, 5) is 16.2. The van der Waals surface area contributed by atoms with Gasteiger partial charge in [-0.05, 0) is 25.3 Å². The van der Waals surface area contributed by atoms with Crippen molar-refractivity contribution < 1.29 is 0 Å². The van der Waals surface area contributed by atoms with Gasteiger partial charge in [0.15, 0.2) is 5.96 Å². The first kappa shape index (κ1) is 23.4. The molecule has 2 saturated heterocycles. The standard InChI is InChI=1S/C20H37N7.HI/c1-17(14-25-11-9-24(4)10-12-25)13-23-20(21-3)26-7-5-18(2)19(15-26)27-8-6-22-16-27;/h6,8,16-19H,5,7,9-15H2,1-4H3,(H,21,23);1H. The van der Waals surface area contributed by atoms with Crippen LogP contribution in [-0.2, 0) is 0 Å². The number of nitrogens with zero attached hydrogens (tertiary/aromatic N) is 6. The fourth-order valence-corrected chi connectivity index (χ4v) is 4.23. The number of rotatable bonds is 5. The van der Waals surface area contributed by atoms with Crippen LogP contribution in [0.1, 0.15) is 26.3 Å². The molecule has 1 aromatic heterocycles. The first-order valence-electron chi connectivity index (χ1n) is 10.4. The number of halogens is 1. The molecular weight excluding hydrogens is 465 g/mol. The van der Waals surface area contributed by atoms with Gasteiger partial charge in [-0.3, -0.25) is 4.99 Å². The second-order valence-corrected chi connectivity index (χ2v) is 8.43. The number of hydrogen-bond donors (Lipinski definition) is 1. The highest BCUT2D eigenvalue weighted by molar-refractivity contribution is 14.0. The molecule has 0 saturated carbocycles. The van der Waals surface area contributed by atoms with Crippen LogP contribution in [0.25, 0.3) is 0 Å². The molecule has 3 heterocycles. The van der Waals surface area contributed by atoms with E-state index < -0.39 is 0 Å². The number of aliphatic imine (C=N–C) groups is 1. The smallest absolute Gasteiger partial charge is 0.193 e. The predicted molar refractivity (Wildman–Crippen MR) is 126 cm³/mol. The normalized spacial score (nSPS) is 26.0. The average Bonchev–Trinajstić information content (AvgIpc) is 3.20. The van der Waals surface area contributed by atoms with E-state index in [-0.39, 0.29) is 24.0 Å². The van der Waals surface area contributed by atoms with Gasteiger partial charge >= 0.3 is 0 Å². The van der Waals surface area contributed by atoms with Crippen LogP contribution in [0.5, 0.6) is 0 Å². The van der Waals surface area contributed by atoms with Crippen molar-refractivity contribution in [2.24, 2.45) is 16.8 Å². The van der Waals surface area contributed by atoms with E-state index in [1.165, 1.54) is 32.6 Å². The van der Waals surface area contributed by atoms with E-state index in [0.717, 1.165) is 32.1 Å². The average molecular weight is 503 g/mol. The Kier molecular flexibility index (Phi) is 9.49. The third-order valence-corrected chi connectivity index (χ3v) is 6.11. The maximum absolute atomic E-state index is 4.57. The third kappa shape index (κ3) is 6.32. The van der Waals surface area contributed by atoms with E-state index in [1.54, 1.807) is 0 Å². The molecular formula is C20H38IN7. The molecule has 0 aromatic carbocycles. The van der Waals surface area contributed by atoms with Crippen LogP contribution in [0.3, 0.4) is 0 Å². The second kappa shape index (κ2) is 11.3. The number of hydrogen-bond acceptors (Lipinski definition) is 4. The Bertz CT molecular complexity index is 583. The minimum Gasteiger partial charge on any atom is -0.356 e. The molecule has 0 radical (unpaired) electrons. The van der Waals surface area contributed by atoms with Crippen molar-refractivity contribution in [2.75, 3.05) is 66.5 Å². The van der Waals surface area contributed by atoms with Crippen LogP contribution in [0, 0.1) is 11.8 Å². The van der Waals surface area contributed by atoms with Crippen molar-refractivity contribution in [3.8, 4) is 0 Å². The Labute approximate surface area is 187 Å². The summed E-state index contributed by atoms with van der Waals surface area (Å²) in [5.41, 5.74) is 0. The molecule has 0 spiro atoms. The first-order valence-corrected chi connectivity index (χ1v) is 10.4. The lowest BCUT2D eigenvalue weighted by Crippen LogP contribution is -2.51. The lowest BCUT2D eigenvalue weighted by molar-refractivity contribution is 0.138. The van der Waals surface area contributed by atoms with Gasteiger partial charge < -0.3 is 24.6 Å². The Balaban J connectivity index is 0.00000280. The zero-order valence-electron chi connectivity index (χ0n) is 17.9. The van der Waals surface area contributed by atoms with Crippen LogP contribution in [0.2, 0.25) is 0 Å². The third-order valence-electron chi connectivity index (χ3n) is 6.11. The number of nitrogens with one attached hydrogen (secondary N) is 1. The zero-order chi connectivity index (χ0) is 19.2. The minimum absolute atomic E-state index is 0. The highest BCUT2D eigenvalue weighted by Gasteiger charge is 2.29. The topological polar surface area (TPSA) is 51.9 Å². The number of piperazine rings is 1. The Morgan fingerprint density at radius 3 is 2.64 bits per heavy atom. The van der Waals surface area contributed by atoms with Crippen LogP contribution in [0.4, 0.5) is 0 Å². The van der Waals surface area contributed by atoms with Gasteiger partial charge in [0.05, 0.1) is 12.4 Å². The van der Waals surface area contributed by atoms with E-state index in [9.17, 15) is 0 Å². The quantitative estimate of drug-likeness (QED) is 0.378. The first-order chi connectivity index (χ1) is 13.1. The molecule has 0 aliphatic carbocycles. The summed E-state index contributed by atoms with van der Waals surface area (Å²) in [6, 6.07) is 0.461. The number of likely N-dealkylation sites (N-methyl/N-ethyl adjacent to an activating group) is 1. The molecule has 0 bridgehead atoms. The van der Waals surface area contributed by atoms with Crippen LogP contribution in [-0.4, -0.2) is 96.7 Å². The molecule has 28 heavy (non-hydrogen) atoms. The van der Waals surface area contributed by atoms with Crippen molar-refractivity contribution in [3.63, 3.8) is 0 Å². The molecule has 3 unspecified atom stereocenters. The summed E-state index contributed by atoms with van der Waals surface area (Å²) in [5.74, 6) is 2.31. The van der Waals surface area contributed by atoms with Crippen LogP contribution >= 0.6 is 24.0 Å². The van der Waals surface area contributed by atoms with Crippen molar-refractivity contribution in [1.29, 1.82) is 0 Å². The Hall–Kier alpha value is -0.870. The number of aromatic nitrogens is 2. The van der Waals surface area contributed by atoms with Gasteiger partial charge in [-0.1, -0.05) is 13.8 Å². The minimum atomic E-state index is 0.